The zero-order valence-corrected chi connectivity index (χ0v) is 19.5. The van der Waals surface area contributed by atoms with Crippen LogP contribution in [0, 0.1) is 6.92 Å². The summed E-state index contributed by atoms with van der Waals surface area (Å²) in [4.78, 5) is 19.9. The Kier molecular flexibility index (Phi) is 6.17. The minimum Gasteiger partial charge on any atom is -0.491 e. The Balaban J connectivity index is 1.40. The highest BCUT2D eigenvalue weighted by Crippen LogP contribution is 2.34. The van der Waals surface area contributed by atoms with Crippen LogP contribution in [0.25, 0.3) is 11.0 Å². The molecule has 4 aromatic rings. The quantitative estimate of drug-likeness (QED) is 0.324. The number of aryl methyl sites for hydroxylation is 1. The SMILES string of the molecule is C=CCc1ccccc1OCCn1c([C@@H]2CC(=O)N(c3ccccc3C)C2)nc2ccccc21. The van der Waals surface area contributed by atoms with Crippen molar-refractivity contribution in [3.63, 3.8) is 0 Å². The first-order valence-electron chi connectivity index (χ1n) is 11.8. The molecular formula is C29H29N3O2. The van der Waals surface area contributed by atoms with Crippen LogP contribution in [0.15, 0.2) is 85.5 Å². The Morgan fingerprint density at radius 3 is 2.68 bits per heavy atom. The fourth-order valence-electron chi connectivity index (χ4n) is 4.84. The van der Waals surface area contributed by atoms with Crippen molar-refractivity contribution in [2.24, 2.45) is 0 Å². The van der Waals surface area contributed by atoms with Crippen LogP contribution in [0.2, 0.25) is 0 Å². The summed E-state index contributed by atoms with van der Waals surface area (Å²) in [5, 5.41) is 0. The number of benzene rings is 3. The van der Waals surface area contributed by atoms with E-state index in [0.717, 1.165) is 45.8 Å². The number of hydrogen-bond donors (Lipinski definition) is 0. The first-order chi connectivity index (χ1) is 16.7. The second kappa shape index (κ2) is 9.56. The maximum absolute atomic E-state index is 13.0. The van der Waals surface area contributed by atoms with Gasteiger partial charge < -0.3 is 14.2 Å². The molecule has 1 amide bonds. The number of para-hydroxylation sites is 4. The number of carbonyl (C=O) groups excluding carboxylic acids is 1. The van der Waals surface area contributed by atoms with Crippen molar-refractivity contribution in [2.45, 2.75) is 32.2 Å². The Hall–Kier alpha value is -3.86. The van der Waals surface area contributed by atoms with Crippen LogP contribution in [-0.4, -0.2) is 28.6 Å². The van der Waals surface area contributed by atoms with Gasteiger partial charge in [-0.2, -0.15) is 0 Å². The molecule has 0 N–H and O–H groups in total. The van der Waals surface area contributed by atoms with Gasteiger partial charge in [0.1, 0.15) is 18.2 Å². The van der Waals surface area contributed by atoms with Crippen LogP contribution in [-0.2, 0) is 17.8 Å². The fourth-order valence-corrected chi connectivity index (χ4v) is 4.84. The van der Waals surface area contributed by atoms with E-state index >= 15 is 0 Å². The third kappa shape index (κ3) is 4.21. The molecule has 5 nitrogen and oxygen atoms in total. The van der Waals surface area contributed by atoms with E-state index in [-0.39, 0.29) is 11.8 Å². The molecule has 0 bridgehead atoms. The molecule has 1 fully saturated rings. The summed E-state index contributed by atoms with van der Waals surface area (Å²) in [5.74, 6) is 2.02. The number of hydrogen-bond acceptors (Lipinski definition) is 3. The topological polar surface area (TPSA) is 47.4 Å². The number of carbonyl (C=O) groups is 1. The molecule has 3 aromatic carbocycles. The van der Waals surface area contributed by atoms with Crippen LogP contribution in [0.4, 0.5) is 5.69 Å². The van der Waals surface area contributed by atoms with Gasteiger partial charge in [0.05, 0.1) is 17.6 Å². The number of anilines is 1. The zero-order valence-electron chi connectivity index (χ0n) is 19.5. The normalized spacial score (nSPS) is 15.7. The Morgan fingerprint density at radius 2 is 1.82 bits per heavy atom. The van der Waals surface area contributed by atoms with Gasteiger partial charge in [0.15, 0.2) is 0 Å². The number of rotatable bonds is 8. The molecule has 0 spiro atoms. The lowest BCUT2D eigenvalue weighted by Crippen LogP contribution is -2.25. The first kappa shape index (κ1) is 22.0. The van der Waals surface area contributed by atoms with E-state index in [1.54, 1.807) is 0 Å². The molecule has 172 valence electrons. The van der Waals surface area contributed by atoms with Crippen molar-refractivity contribution in [3.05, 3.63) is 102 Å². The highest BCUT2D eigenvalue weighted by molar-refractivity contribution is 5.97. The van der Waals surface area contributed by atoms with Gasteiger partial charge in [-0.3, -0.25) is 4.79 Å². The van der Waals surface area contributed by atoms with Crippen LogP contribution >= 0.6 is 0 Å². The van der Waals surface area contributed by atoms with Crippen molar-refractivity contribution in [3.8, 4) is 5.75 Å². The molecule has 1 saturated heterocycles. The number of allylic oxidation sites excluding steroid dienone is 1. The summed E-state index contributed by atoms with van der Waals surface area (Å²) in [6, 6.07) is 24.3. The summed E-state index contributed by atoms with van der Waals surface area (Å²) < 4.78 is 8.41. The molecule has 1 aliphatic heterocycles. The number of fused-ring (bicyclic) bond motifs is 1. The van der Waals surface area contributed by atoms with Gasteiger partial charge in [-0.15, -0.1) is 6.58 Å². The predicted molar refractivity (Wildman–Crippen MR) is 136 cm³/mol. The van der Waals surface area contributed by atoms with Gasteiger partial charge in [0.25, 0.3) is 0 Å². The van der Waals surface area contributed by atoms with Gasteiger partial charge in [0.2, 0.25) is 5.91 Å². The molecule has 1 aromatic heterocycles. The summed E-state index contributed by atoms with van der Waals surface area (Å²) >= 11 is 0. The highest BCUT2D eigenvalue weighted by Gasteiger charge is 2.35. The van der Waals surface area contributed by atoms with Gasteiger partial charge in [-0.05, 0) is 48.7 Å². The monoisotopic (exact) mass is 451 g/mol. The van der Waals surface area contributed by atoms with Gasteiger partial charge in [-0.25, -0.2) is 4.98 Å². The lowest BCUT2D eigenvalue weighted by molar-refractivity contribution is -0.117. The number of amides is 1. The average Bonchev–Trinajstić information content (AvgIpc) is 3.41. The second-order valence-corrected chi connectivity index (χ2v) is 8.75. The third-order valence-electron chi connectivity index (χ3n) is 6.49. The molecule has 2 heterocycles. The number of nitrogens with zero attached hydrogens (tertiary/aromatic N) is 3. The van der Waals surface area contributed by atoms with Gasteiger partial charge >= 0.3 is 0 Å². The van der Waals surface area contributed by atoms with Crippen molar-refractivity contribution in [2.75, 3.05) is 18.1 Å². The number of aromatic nitrogens is 2. The fraction of sp³-hybridized carbons (Fsp3) is 0.241. The molecule has 0 radical (unpaired) electrons. The van der Waals surface area contributed by atoms with E-state index in [9.17, 15) is 4.79 Å². The molecule has 0 saturated carbocycles. The minimum atomic E-state index is 0.0348. The van der Waals surface area contributed by atoms with Crippen molar-refractivity contribution in [1.82, 2.24) is 9.55 Å². The highest BCUT2D eigenvalue weighted by atomic mass is 16.5. The van der Waals surface area contributed by atoms with Crippen LogP contribution in [0.3, 0.4) is 0 Å². The molecule has 34 heavy (non-hydrogen) atoms. The lowest BCUT2D eigenvalue weighted by atomic mass is 10.1. The summed E-state index contributed by atoms with van der Waals surface area (Å²) in [5.41, 5.74) is 5.24. The maximum Gasteiger partial charge on any atom is 0.227 e. The van der Waals surface area contributed by atoms with E-state index in [1.165, 1.54) is 0 Å². The molecule has 5 rings (SSSR count). The summed E-state index contributed by atoms with van der Waals surface area (Å²) in [6.07, 6.45) is 3.12. The minimum absolute atomic E-state index is 0.0348. The third-order valence-corrected chi connectivity index (χ3v) is 6.49. The molecule has 0 aliphatic carbocycles. The van der Waals surface area contributed by atoms with Crippen LogP contribution in [0.1, 0.15) is 29.3 Å². The predicted octanol–water partition coefficient (Wildman–Crippen LogP) is 5.67. The van der Waals surface area contributed by atoms with Crippen LogP contribution < -0.4 is 9.64 Å². The van der Waals surface area contributed by atoms with E-state index < -0.39 is 0 Å². The lowest BCUT2D eigenvalue weighted by Gasteiger charge is -2.19. The number of ether oxygens (including phenoxy) is 1. The van der Waals surface area contributed by atoms with E-state index in [4.69, 9.17) is 9.72 Å². The molecule has 0 unspecified atom stereocenters. The smallest absolute Gasteiger partial charge is 0.227 e. The molecule has 1 atom stereocenters. The summed E-state index contributed by atoms with van der Waals surface area (Å²) in [6.45, 7) is 7.71. The Labute approximate surface area is 200 Å². The summed E-state index contributed by atoms with van der Waals surface area (Å²) in [7, 11) is 0. The van der Waals surface area contributed by atoms with Crippen molar-refractivity contribution >= 4 is 22.6 Å². The second-order valence-electron chi connectivity index (χ2n) is 8.75. The van der Waals surface area contributed by atoms with Crippen molar-refractivity contribution < 1.29 is 9.53 Å². The van der Waals surface area contributed by atoms with Crippen LogP contribution in [0.5, 0.6) is 5.75 Å². The molecule has 1 aliphatic rings. The maximum atomic E-state index is 13.0. The molecular weight excluding hydrogens is 422 g/mol. The molecule has 5 heteroatoms. The van der Waals surface area contributed by atoms with Gasteiger partial charge in [0, 0.05) is 24.6 Å². The zero-order chi connectivity index (χ0) is 23.5. The largest absolute Gasteiger partial charge is 0.491 e. The van der Waals surface area contributed by atoms with Gasteiger partial charge in [-0.1, -0.05) is 54.6 Å². The van der Waals surface area contributed by atoms with E-state index in [2.05, 4.69) is 23.3 Å². The standard InChI is InChI=1S/C29H29N3O2/c1-3-10-22-12-5-9-16-27(22)34-18-17-31-26-15-8-6-13-24(26)30-29(31)23-19-28(33)32(20-23)25-14-7-4-11-21(25)2/h3-9,11-16,23H,1,10,17-20H2,2H3/t23-/m1/s1. The first-order valence-corrected chi connectivity index (χ1v) is 11.8. The average molecular weight is 452 g/mol. The number of imidazole rings is 1. The van der Waals surface area contributed by atoms with E-state index in [0.29, 0.717) is 26.1 Å². The van der Waals surface area contributed by atoms with Crippen molar-refractivity contribution in [1.29, 1.82) is 0 Å². The Bertz CT molecular complexity index is 1340. The van der Waals surface area contributed by atoms with E-state index in [1.807, 2.05) is 78.6 Å². The Morgan fingerprint density at radius 1 is 1.06 bits per heavy atom.